The van der Waals surface area contributed by atoms with Crippen molar-refractivity contribution in [3.05, 3.63) is 5.01 Å². The zero-order valence-electron chi connectivity index (χ0n) is 8.99. The molecule has 1 aliphatic carbocycles. The minimum absolute atomic E-state index is 0.0857. The molecule has 0 aliphatic heterocycles. The maximum Gasteiger partial charge on any atom is 0.223 e. The molecule has 0 radical (unpaired) electrons. The van der Waals surface area contributed by atoms with Gasteiger partial charge >= 0.3 is 0 Å². The lowest BCUT2D eigenvalue weighted by atomic mass is 10.1. The Bertz CT molecular complexity index is 363. The average molecular weight is 225 g/mol. The Labute approximate surface area is 93.1 Å². The van der Waals surface area contributed by atoms with Gasteiger partial charge in [-0.2, -0.15) is 0 Å². The maximum absolute atomic E-state index is 10.8. The highest BCUT2D eigenvalue weighted by atomic mass is 32.1. The summed E-state index contributed by atoms with van der Waals surface area (Å²) in [5, 5.41) is 12.5. The van der Waals surface area contributed by atoms with Crippen molar-refractivity contribution < 1.29 is 4.79 Å². The van der Waals surface area contributed by atoms with E-state index >= 15 is 0 Å². The first-order valence-corrected chi connectivity index (χ1v) is 6.08. The Kier molecular flexibility index (Phi) is 3.00. The van der Waals surface area contributed by atoms with Gasteiger partial charge in [-0.3, -0.25) is 4.79 Å². The average Bonchev–Trinajstić information content (AvgIpc) is 2.72. The lowest BCUT2D eigenvalue weighted by Gasteiger charge is -2.02. The minimum atomic E-state index is -0.0857. The molecule has 1 fully saturated rings. The molecular weight excluding hydrogens is 210 g/mol. The molecule has 2 atom stereocenters. The van der Waals surface area contributed by atoms with Crippen LogP contribution in [0.4, 0.5) is 5.13 Å². The van der Waals surface area contributed by atoms with Gasteiger partial charge in [-0.05, 0) is 18.8 Å². The predicted molar refractivity (Wildman–Crippen MR) is 60.0 cm³/mol. The van der Waals surface area contributed by atoms with E-state index in [0.29, 0.717) is 11.0 Å². The van der Waals surface area contributed by atoms with Crippen molar-refractivity contribution >= 4 is 22.4 Å². The number of nitrogens with one attached hydrogen (secondary N) is 1. The molecule has 15 heavy (non-hydrogen) atoms. The Hall–Kier alpha value is -0.970. The number of hydrogen-bond donors (Lipinski definition) is 1. The van der Waals surface area contributed by atoms with Crippen LogP contribution in [0.1, 0.15) is 44.0 Å². The van der Waals surface area contributed by atoms with Crippen molar-refractivity contribution in [2.75, 3.05) is 5.32 Å². The number of amides is 1. The Balaban J connectivity index is 2.03. The monoisotopic (exact) mass is 225 g/mol. The van der Waals surface area contributed by atoms with Gasteiger partial charge in [-0.15, -0.1) is 10.2 Å². The van der Waals surface area contributed by atoms with E-state index in [-0.39, 0.29) is 5.91 Å². The van der Waals surface area contributed by atoms with Gasteiger partial charge in [-0.25, -0.2) is 0 Å². The standard InChI is InChI=1S/C10H15N3OS/c1-6-3-4-8(5-6)9-12-13-10(15-9)11-7(2)14/h6,8H,3-5H2,1-2H3,(H,11,13,14)/t6?,8-/m0/s1. The molecule has 2 rings (SSSR count). The summed E-state index contributed by atoms with van der Waals surface area (Å²) in [5.74, 6) is 1.26. The lowest BCUT2D eigenvalue weighted by Crippen LogP contribution is -2.04. The van der Waals surface area contributed by atoms with Crippen molar-refractivity contribution in [3.8, 4) is 0 Å². The summed E-state index contributed by atoms with van der Waals surface area (Å²) < 4.78 is 0. The van der Waals surface area contributed by atoms with Gasteiger partial charge in [0.2, 0.25) is 11.0 Å². The molecular formula is C10H15N3OS. The molecule has 1 aromatic rings. The van der Waals surface area contributed by atoms with Crippen LogP contribution in [0.3, 0.4) is 0 Å². The highest BCUT2D eigenvalue weighted by Crippen LogP contribution is 2.39. The summed E-state index contributed by atoms with van der Waals surface area (Å²) in [6, 6.07) is 0. The van der Waals surface area contributed by atoms with E-state index in [0.717, 1.165) is 10.9 Å². The van der Waals surface area contributed by atoms with Crippen LogP contribution in [-0.4, -0.2) is 16.1 Å². The van der Waals surface area contributed by atoms with Crippen molar-refractivity contribution in [1.82, 2.24) is 10.2 Å². The highest BCUT2D eigenvalue weighted by Gasteiger charge is 2.25. The Morgan fingerprint density at radius 3 is 2.87 bits per heavy atom. The van der Waals surface area contributed by atoms with E-state index < -0.39 is 0 Å². The molecule has 1 aromatic heterocycles. The Morgan fingerprint density at radius 1 is 1.47 bits per heavy atom. The van der Waals surface area contributed by atoms with Gasteiger partial charge in [0.25, 0.3) is 0 Å². The molecule has 0 aromatic carbocycles. The smallest absolute Gasteiger partial charge is 0.223 e. The minimum Gasteiger partial charge on any atom is -0.301 e. The molecule has 1 saturated carbocycles. The van der Waals surface area contributed by atoms with Crippen LogP contribution >= 0.6 is 11.3 Å². The number of carbonyl (C=O) groups is 1. The maximum atomic E-state index is 10.8. The Morgan fingerprint density at radius 2 is 2.27 bits per heavy atom. The number of nitrogens with zero attached hydrogens (tertiary/aromatic N) is 2. The SMILES string of the molecule is CC(=O)Nc1nnc([C@H]2CCC(C)C2)s1. The summed E-state index contributed by atoms with van der Waals surface area (Å²) in [4.78, 5) is 10.8. The second-order valence-electron chi connectivity index (χ2n) is 4.24. The van der Waals surface area contributed by atoms with Crippen molar-refractivity contribution in [1.29, 1.82) is 0 Å². The highest BCUT2D eigenvalue weighted by molar-refractivity contribution is 7.15. The van der Waals surface area contributed by atoms with E-state index in [1.54, 1.807) is 0 Å². The van der Waals surface area contributed by atoms with E-state index in [1.165, 1.54) is 37.5 Å². The molecule has 5 heteroatoms. The number of anilines is 1. The van der Waals surface area contributed by atoms with Crippen molar-refractivity contribution in [2.45, 2.75) is 39.0 Å². The van der Waals surface area contributed by atoms with E-state index in [1.807, 2.05) is 0 Å². The third kappa shape index (κ3) is 2.53. The summed E-state index contributed by atoms with van der Waals surface area (Å²) in [7, 11) is 0. The zero-order chi connectivity index (χ0) is 10.8. The number of hydrogen-bond acceptors (Lipinski definition) is 4. The number of rotatable bonds is 2. The predicted octanol–water partition coefficient (Wildman–Crippen LogP) is 2.40. The summed E-state index contributed by atoms with van der Waals surface area (Å²) in [5.41, 5.74) is 0. The first-order chi connectivity index (χ1) is 7.15. The van der Waals surface area contributed by atoms with Crippen LogP contribution < -0.4 is 5.32 Å². The molecule has 1 aliphatic rings. The van der Waals surface area contributed by atoms with Gasteiger partial charge < -0.3 is 5.32 Å². The van der Waals surface area contributed by atoms with Gasteiger partial charge in [0.1, 0.15) is 5.01 Å². The molecule has 4 nitrogen and oxygen atoms in total. The van der Waals surface area contributed by atoms with E-state index in [9.17, 15) is 4.79 Å². The first-order valence-electron chi connectivity index (χ1n) is 5.26. The van der Waals surface area contributed by atoms with Crippen molar-refractivity contribution in [3.63, 3.8) is 0 Å². The molecule has 0 spiro atoms. The number of aromatic nitrogens is 2. The summed E-state index contributed by atoms with van der Waals surface area (Å²) >= 11 is 1.51. The van der Waals surface area contributed by atoms with Crippen molar-refractivity contribution in [2.24, 2.45) is 5.92 Å². The molecule has 1 N–H and O–H groups in total. The van der Waals surface area contributed by atoms with Crippen LogP contribution in [0.15, 0.2) is 0 Å². The first kappa shape index (κ1) is 10.5. The fourth-order valence-electron chi connectivity index (χ4n) is 2.03. The fraction of sp³-hybridized carbons (Fsp3) is 0.700. The summed E-state index contributed by atoms with van der Waals surface area (Å²) in [6.45, 7) is 3.76. The lowest BCUT2D eigenvalue weighted by molar-refractivity contribution is -0.114. The molecule has 82 valence electrons. The third-order valence-electron chi connectivity index (χ3n) is 2.77. The molecule has 1 amide bonds. The number of carbonyl (C=O) groups excluding carboxylic acids is 1. The van der Waals surface area contributed by atoms with Gasteiger partial charge in [0.15, 0.2) is 0 Å². The van der Waals surface area contributed by atoms with Crippen LogP contribution in [0.5, 0.6) is 0 Å². The molecule has 0 bridgehead atoms. The van der Waals surface area contributed by atoms with Crippen LogP contribution in [0, 0.1) is 5.92 Å². The van der Waals surface area contributed by atoms with Gasteiger partial charge in [0, 0.05) is 12.8 Å². The van der Waals surface area contributed by atoms with E-state index in [2.05, 4.69) is 22.4 Å². The van der Waals surface area contributed by atoms with Gasteiger partial charge in [0.05, 0.1) is 0 Å². The zero-order valence-corrected chi connectivity index (χ0v) is 9.80. The van der Waals surface area contributed by atoms with Crippen LogP contribution in [0.25, 0.3) is 0 Å². The van der Waals surface area contributed by atoms with Crippen LogP contribution in [-0.2, 0) is 4.79 Å². The second kappa shape index (κ2) is 4.26. The molecule has 1 unspecified atom stereocenters. The molecule has 0 saturated heterocycles. The van der Waals surface area contributed by atoms with Gasteiger partial charge in [-0.1, -0.05) is 24.7 Å². The second-order valence-corrected chi connectivity index (χ2v) is 5.25. The molecule has 1 heterocycles. The quantitative estimate of drug-likeness (QED) is 0.840. The van der Waals surface area contributed by atoms with Crippen LogP contribution in [0.2, 0.25) is 0 Å². The largest absolute Gasteiger partial charge is 0.301 e. The van der Waals surface area contributed by atoms with E-state index in [4.69, 9.17) is 0 Å². The third-order valence-corrected chi connectivity index (χ3v) is 3.77. The topological polar surface area (TPSA) is 54.9 Å². The fourth-order valence-corrected chi connectivity index (χ4v) is 2.97. The summed E-state index contributed by atoms with van der Waals surface area (Å²) in [6.07, 6.45) is 3.68. The normalized spacial score (nSPS) is 25.5.